The molecular weight excluding hydrogens is 555 g/mol. The lowest BCUT2D eigenvalue weighted by Gasteiger charge is -2.13. The number of ether oxygens (including phenoxy) is 3. The Balaban J connectivity index is 1.71. The maximum atomic E-state index is 12.8. The van der Waals surface area contributed by atoms with Crippen molar-refractivity contribution in [2.45, 2.75) is 13.5 Å². The number of benzene rings is 3. The minimum atomic E-state index is -0.433. The normalized spacial score (nSPS) is 10.6. The van der Waals surface area contributed by atoms with Gasteiger partial charge < -0.3 is 14.2 Å². The monoisotopic (exact) mass is 574 g/mol. The van der Waals surface area contributed by atoms with Gasteiger partial charge in [-0.1, -0.05) is 47.3 Å². The molecule has 0 bridgehead atoms. The van der Waals surface area contributed by atoms with E-state index in [1.54, 1.807) is 54.6 Å². The highest BCUT2D eigenvalue weighted by molar-refractivity contribution is 9.10. The minimum absolute atomic E-state index is 0.105. The Morgan fingerprint density at radius 3 is 2.66 bits per heavy atom. The molecule has 0 atom stereocenters. The molecule has 1 N–H and O–H groups in total. The van der Waals surface area contributed by atoms with E-state index >= 15 is 0 Å². The maximum absolute atomic E-state index is 12.8. The molecule has 0 aliphatic rings. The van der Waals surface area contributed by atoms with Crippen LogP contribution < -0.4 is 19.6 Å². The van der Waals surface area contributed by atoms with Crippen LogP contribution in [0.3, 0.4) is 0 Å². The maximum Gasteiger partial charge on any atom is 0.275 e. The van der Waals surface area contributed by atoms with E-state index in [1.165, 1.54) is 6.21 Å². The first-order valence-corrected chi connectivity index (χ1v) is 12.0. The number of hydrogen-bond acceptors (Lipinski definition) is 5. The van der Waals surface area contributed by atoms with Crippen LogP contribution in [0.25, 0.3) is 0 Å². The van der Waals surface area contributed by atoms with Gasteiger partial charge in [-0.2, -0.15) is 5.10 Å². The Morgan fingerprint density at radius 2 is 1.91 bits per heavy atom. The fourth-order valence-electron chi connectivity index (χ4n) is 2.98. The minimum Gasteiger partial charge on any atom is -0.490 e. The third-order valence-electron chi connectivity index (χ3n) is 4.54. The fourth-order valence-corrected chi connectivity index (χ4v) is 4.02. The number of nitrogens with one attached hydrogen (secondary N) is 1. The number of amides is 1. The first-order chi connectivity index (χ1) is 16.9. The molecule has 180 valence electrons. The molecule has 1 amide bonds. The third kappa shape index (κ3) is 7.40. The number of nitrogens with zero attached hydrogens (tertiary/aromatic N) is 1. The molecule has 0 aliphatic carbocycles. The second-order valence-corrected chi connectivity index (χ2v) is 8.67. The van der Waals surface area contributed by atoms with E-state index in [2.05, 4.69) is 32.4 Å². The summed E-state index contributed by atoms with van der Waals surface area (Å²) < 4.78 is 17.7. The molecule has 0 fully saturated rings. The largest absolute Gasteiger partial charge is 0.490 e. The second kappa shape index (κ2) is 13.1. The van der Waals surface area contributed by atoms with Crippen molar-refractivity contribution in [1.29, 1.82) is 0 Å². The molecule has 3 aromatic carbocycles. The number of para-hydroxylation sites is 1. The molecule has 35 heavy (non-hydrogen) atoms. The Kier molecular flexibility index (Phi) is 9.86. The summed E-state index contributed by atoms with van der Waals surface area (Å²) in [6.07, 6.45) is 6.77. The highest BCUT2D eigenvalue weighted by Crippen LogP contribution is 2.36. The van der Waals surface area contributed by atoms with Gasteiger partial charge in [-0.25, -0.2) is 5.43 Å². The molecule has 0 unspecified atom stereocenters. The van der Waals surface area contributed by atoms with E-state index in [4.69, 9.17) is 43.8 Å². The third-order valence-corrected chi connectivity index (χ3v) is 5.72. The molecule has 0 spiro atoms. The molecule has 0 heterocycles. The number of terminal acetylenes is 1. The van der Waals surface area contributed by atoms with E-state index in [1.807, 2.05) is 6.92 Å². The molecule has 0 saturated heterocycles. The van der Waals surface area contributed by atoms with Gasteiger partial charge >= 0.3 is 0 Å². The van der Waals surface area contributed by atoms with Crippen LogP contribution in [0.2, 0.25) is 10.0 Å². The van der Waals surface area contributed by atoms with Gasteiger partial charge in [0, 0.05) is 15.6 Å². The van der Waals surface area contributed by atoms with Crippen LogP contribution in [0.4, 0.5) is 0 Å². The average Bonchev–Trinajstić information content (AvgIpc) is 2.83. The van der Waals surface area contributed by atoms with Crippen LogP contribution in [0.15, 0.2) is 64.2 Å². The van der Waals surface area contributed by atoms with Crippen molar-refractivity contribution in [1.82, 2.24) is 5.43 Å². The van der Waals surface area contributed by atoms with E-state index in [0.29, 0.717) is 49.5 Å². The van der Waals surface area contributed by atoms with Crippen LogP contribution in [0, 0.1) is 12.3 Å². The lowest BCUT2D eigenvalue weighted by molar-refractivity contribution is 0.0950. The average molecular weight is 576 g/mol. The van der Waals surface area contributed by atoms with Crippen LogP contribution in [0.1, 0.15) is 28.4 Å². The van der Waals surface area contributed by atoms with Crippen molar-refractivity contribution in [2.24, 2.45) is 5.10 Å². The predicted molar refractivity (Wildman–Crippen MR) is 142 cm³/mol. The van der Waals surface area contributed by atoms with E-state index in [-0.39, 0.29) is 13.2 Å². The van der Waals surface area contributed by atoms with Crippen molar-refractivity contribution in [3.8, 4) is 29.6 Å². The Morgan fingerprint density at radius 1 is 1.11 bits per heavy atom. The van der Waals surface area contributed by atoms with Crippen molar-refractivity contribution in [2.75, 3.05) is 13.2 Å². The lowest BCUT2D eigenvalue weighted by atomic mass is 10.2. The van der Waals surface area contributed by atoms with Gasteiger partial charge in [0.25, 0.3) is 5.91 Å². The zero-order valence-corrected chi connectivity index (χ0v) is 21.8. The zero-order chi connectivity index (χ0) is 25.2. The van der Waals surface area contributed by atoms with Crippen LogP contribution >= 0.6 is 39.1 Å². The summed E-state index contributed by atoms with van der Waals surface area (Å²) in [6.45, 7) is 2.58. The lowest BCUT2D eigenvalue weighted by Crippen LogP contribution is -2.18. The summed E-state index contributed by atoms with van der Waals surface area (Å²) in [5.74, 6) is 3.38. The molecular formula is C26H21BrCl2N2O4. The number of carbonyl (C=O) groups is 1. The highest BCUT2D eigenvalue weighted by atomic mass is 79.9. The Labute approximate surface area is 222 Å². The molecule has 9 heteroatoms. The van der Waals surface area contributed by atoms with Gasteiger partial charge in [-0.3, -0.25) is 4.79 Å². The van der Waals surface area contributed by atoms with Crippen molar-refractivity contribution < 1.29 is 19.0 Å². The Hall–Kier alpha value is -3.18. The van der Waals surface area contributed by atoms with Gasteiger partial charge in [0.1, 0.15) is 19.0 Å². The standard InChI is InChI=1S/C26H21BrCl2N2O4/c1-3-11-34-25-21(27)12-17(13-24(25)33-4-2)15-30-31-26(32)20-7-5-6-8-23(20)35-16-18-9-10-19(28)14-22(18)29/h1,5-10,12-15H,4,11,16H2,2H3,(H,31,32)/b30-15+. The van der Waals surface area contributed by atoms with Crippen LogP contribution in [0.5, 0.6) is 17.2 Å². The van der Waals surface area contributed by atoms with Gasteiger partial charge in [0.2, 0.25) is 0 Å². The zero-order valence-electron chi connectivity index (χ0n) is 18.7. The summed E-state index contributed by atoms with van der Waals surface area (Å²) in [6, 6.07) is 15.5. The number of halogens is 3. The number of carbonyl (C=O) groups excluding carboxylic acids is 1. The molecule has 0 radical (unpaired) electrons. The summed E-state index contributed by atoms with van der Waals surface area (Å²) in [5, 5.41) is 5.09. The van der Waals surface area contributed by atoms with E-state index in [9.17, 15) is 4.79 Å². The van der Waals surface area contributed by atoms with Gasteiger partial charge in [-0.15, -0.1) is 6.42 Å². The van der Waals surface area contributed by atoms with Gasteiger partial charge in [-0.05, 0) is 64.8 Å². The molecule has 0 aromatic heterocycles. The number of hydrogen-bond donors (Lipinski definition) is 1. The van der Waals surface area contributed by atoms with Crippen LogP contribution in [-0.2, 0) is 6.61 Å². The molecule has 3 rings (SSSR count). The summed E-state index contributed by atoms with van der Waals surface area (Å²) in [7, 11) is 0. The predicted octanol–water partition coefficient (Wildman–Crippen LogP) is 6.51. The fraction of sp³-hybridized carbons (Fsp3) is 0.154. The smallest absolute Gasteiger partial charge is 0.275 e. The number of rotatable bonds is 10. The second-order valence-electron chi connectivity index (χ2n) is 6.98. The Bertz CT molecular complexity index is 1270. The van der Waals surface area contributed by atoms with E-state index in [0.717, 1.165) is 5.56 Å². The van der Waals surface area contributed by atoms with Gasteiger partial charge in [0.05, 0.1) is 22.9 Å². The van der Waals surface area contributed by atoms with Gasteiger partial charge in [0.15, 0.2) is 11.5 Å². The first kappa shape index (κ1) is 26.4. The van der Waals surface area contributed by atoms with Crippen molar-refractivity contribution in [3.05, 3.63) is 85.8 Å². The summed E-state index contributed by atoms with van der Waals surface area (Å²) in [5.41, 5.74) is 4.26. The van der Waals surface area contributed by atoms with E-state index < -0.39 is 5.91 Å². The molecule has 0 saturated carbocycles. The first-order valence-electron chi connectivity index (χ1n) is 10.4. The topological polar surface area (TPSA) is 69.2 Å². The SMILES string of the molecule is C#CCOc1c(Br)cc(/C=N/NC(=O)c2ccccc2OCc2ccc(Cl)cc2Cl)cc1OCC. The molecule has 6 nitrogen and oxygen atoms in total. The highest BCUT2D eigenvalue weighted by Gasteiger charge is 2.14. The molecule has 0 aliphatic heterocycles. The van der Waals surface area contributed by atoms with Crippen LogP contribution in [-0.4, -0.2) is 25.3 Å². The summed E-state index contributed by atoms with van der Waals surface area (Å²) in [4.78, 5) is 12.8. The molecule has 3 aromatic rings. The van der Waals surface area contributed by atoms with Crippen molar-refractivity contribution in [3.63, 3.8) is 0 Å². The quantitative estimate of drug-likeness (QED) is 0.170. The number of hydrazone groups is 1. The van der Waals surface area contributed by atoms with Crippen molar-refractivity contribution >= 4 is 51.3 Å². The summed E-state index contributed by atoms with van der Waals surface area (Å²) >= 11 is 15.6.